The fraction of sp³-hybridized carbons (Fsp3) is 0.429. The lowest BCUT2D eigenvalue weighted by molar-refractivity contribution is -0.119. The van der Waals surface area contributed by atoms with E-state index < -0.39 is 0 Å². The molecule has 0 saturated carbocycles. The molecule has 1 aliphatic rings. The minimum atomic E-state index is 0.0802. The summed E-state index contributed by atoms with van der Waals surface area (Å²) in [5.74, 6) is 2.23. The fourth-order valence-corrected chi connectivity index (χ4v) is 2.91. The van der Waals surface area contributed by atoms with Crippen LogP contribution in [0.1, 0.15) is 18.3 Å². The summed E-state index contributed by atoms with van der Waals surface area (Å²) < 4.78 is 7.49. The predicted octanol–water partition coefficient (Wildman–Crippen LogP) is 1.89. The second-order valence-electron chi connectivity index (χ2n) is 4.83. The van der Waals surface area contributed by atoms with E-state index in [-0.39, 0.29) is 11.9 Å². The SMILES string of the molecule is COc1cccc2c1nc(CCCl)n2C1CNC(=O)C1. The highest BCUT2D eigenvalue weighted by atomic mass is 35.5. The number of para-hydroxylation sites is 1. The van der Waals surface area contributed by atoms with Crippen molar-refractivity contribution in [1.29, 1.82) is 0 Å². The smallest absolute Gasteiger partial charge is 0.222 e. The predicted molar refractivity (Wildman–Crippen MR) is 77.4 cm³/mol. The maximum absolute atomic E-state index is 11.5. The number of nitrogens with zero attached hydrogens (tertiary/aromatic N) is 2. The van der Waals surface area contributed by atoms with E-state index >= 15 is 0 Å². The first-order valence-electron chi connectivity index (χ1n) is 6.61. The van der Waals surface area contributed by atoms with E-state index in [1.54, 1.807) is 7.11 Å². The van der Waals surface area contributed by atoms with Gasteiger partial charge >= 0.3 is 0 Å². The van der Waals surface area contributed by atoms with Crippen LogP contribution in [0.3, 0.4) is 0 Å². The van der Waals surface area contributed by atoms with Crippen molar-refractivity contribution in [1.82, 2.24) is 14.9 Å². The van der Waals surface area contributed by atoms with Crippen LogP contribution in [0.4, 0.5) is 0 Å². The maximum Gasteiger partial charge on any atom is 0.222 e. The van der Waals surface area contributed by atoms with Gasteiger partial charge in [-0.05, 0) is 12.1 Å². The van der Waals surface area contributed by atoms with E-state index in [2.05, 4.69) is 14.9 Å². The molecule has 0 spiro atoms. The standard InChI is InChI=1S/C14H16ClN3O2/c1-20-11-4-2-3-10-14(11)17-12(5-6-15)18(10)9-7-13(19)16-8-9/h2-4,9H,5-8H2,1H3,(H,16,19). The van der Waals surface area contributed by atoms with Crippen molar-refractivity contribution in [3.8, 4) is 5.75 Å². The minimum Gasteiger partial charge on any atom is -0.494 e. The molecule has 1 aromatic carbocycles. The minimum absolute atomic E-state index is 0.0802. The highest BCUT2D eigenvalue weighted by Crippen LogP contribution is 2.30. The number of carbonyl (C=O) groups is 1. The summed E-state index contributed by atoms with van der Waals surface area (Å²) in [5.41, 5.74) is 1.82. The van der Waals surface area contributed by atoms with Crippen molar-refractivity contribution >= 4 is 28.5 Å². The lowest BCUT2D eigenvalue weighted by Crippen LogP contribution is -2.17. The van der Waals surface area contributed by atoms with Crippen molar-refractivity contribution in [2.75, 3.05) is 19.5 Å². The number of aryl methyl sites for hydroxylation is 1. The molecule has 5 nitrogen and oxygen atoms in total. The Hall–Kier alpha value is -1.75. The second kappa shape index (κ2) is 5.32. The number of halogens is 1. The van der Waals surface area contributed by atoms with Gasteiger partial charge in [0.05, 0.1) is 18.7 Å². The molecule has 0 bridgehead atoms. The number of benzene rings is 1. The van der Waals surface area contributed by atoms with Gasteiger partial charge in [-0.3, -0.25) is 4.79 Å². The summed E-state index contributed by atoms with van der Waals surface area (Å²) in [6, 6.07) is 5.93. The number of rotatable bonds is 4. The van der Waals surface area contributed by atoms with Gasteiger partial charge in [0, 0.05) is 25.3 Å². The molecule has 106 valence electrons. The van der Waals surface area contributed by atoms with Crippen LogP contribution in [-0.2, 0) is 11.2 Å². The lowest BCUT2D eigenvalue weighted by Gasteiger charge is -2.14. The number of aromatic nitrogens is 2. The normalized spacial score (nSPS) is 18.5. The van der Waals surface area contributed by atoms with Crippen molar-refractivity contribution < 1.29 is 9.53 Å². The van der Waals surface area contributed by atoms with E-state index in [1.807, 2.05) is 18.2 Å². The number of imidazole rings is 1. The molecule has 2 heterocycles. The zero-order valence-electron chi connectivity index (χ0n) is 11.2. The third-order valence-electron chi connectivity index (χ3n) is 3.62. The van der Waals surface area contributed by atoms with Crippen LogP contribution < -0.4 is 10.1 Å². The van der Waals surface area contributed by atoms with Crippen molar-refractivity contribution in [2.24, 2.45) is 0 Å². The monoisotopic (exact) mass is 293 g/mol. The molecule has 1 amide bonds. The molecule has 1 saturated heterocycles. The molecule has 1 unspecified atom stereocenters. The van der Waals surface area contributed by atoms with Crippen LogP contribution in [0.15, 0.2) is 18.2 Å². The summed E-state index contributed by atoms with van der Waals surface area (Å²) in [7, 11) is 1.63. The summed E-state index contributed by atoms with van der Waals surface area (Å²) >= 11 is 5.88. The number of alkyl halides is 1. The number of hydrogen-bond acceptors (Lipinski definition) is 3. The van der Waals surface area contributed by atoms with E-state index in [9.17, 15) is 4.79 Å². The molecule has 1 N–H and O–H groups in total. The number of amides is 1. The van der Waals surface area contributed by atoms with Crippen molar-refractivity contribution in [3.63, 3.8) is 0 Å². The number of carbonyl (C=O) groups excluding carboxylic acids is 1. The number of methoxy groups -OCH3 is 1. The molecule has 3 rings (SSSR count). The van der Waals surface area contributed by atoms with E-state index in [0.29, 0.717) is 25.3 Å². The number of ether oxygens (including phenoxy) is 1. The Kier molecular flexibility index (Phi) is 3.53. The van der Waals surface area contributed by atoms with Crippen LogP contribution in [0.25, 0.3) is 11.0 Å². The van der Waals surface area contributed by atoms with Gasteiger partial charge in [0.25, 0.3) is 0 Å². The fourth-order valence-electron chi connectivity index (χ4n) is 2.75. The van der Waals surface area contributed by atoms with Crippen LogP contribution in [0, 0.1) is 0 Å². The Morgan fingerprint density at radius 3 is 3.05 bits per heavy atom. The van der Waals surface area contributed by atoms with Gasteiger partial charge in [0.1, 0.15) is 17.1 Å². The average molecular weight is 294 g/mol. The van der Waals surface area contributed by atoms with Gasteiger partial charge in [-0.25, -0.2) is 4.98 Å². The average Bonchev–Trinajstić information content (AvgIpc) is 3.01. The van der Waals surface area contributed by atoms with Crippen LogP contribution in [-0.4, -0.2) is 35.0 Å². The summed E-state index contributed by atoms with van der Waals surface area (Å²) in [6.07, 6.45) is 1.15. The lowest BCUT2D eigenvalue weighted by atomic mass is 10.2. The summed E-state index contributed by atoms with van der Waals surface area (Å²) in [6.45, 7) is 0.636. The van der Waals surface area contributed by atoms with Gasteiger partial charge in [0.2, 0.25) is 5.91 Å². The number of hydrogen-bond donors (Lipinski definition) is 1. The van der Waals surface area contributed by atoms with E-state index in [4.69, 9.17) is 16.3 Å². The molecule has 2 aromatic rings. The Bertz CT molecular complexity index is 653. The number of fused-ring (bicyclic) bond motifs is 1. The third-order valence-corrected chi connectivity index (χ3v) is 3.80. The Balaban J connectivity index is 2.16. The molecular weight excluding hydrogens is 278 g/mol. The first-order valence-corrected chi connectivity index (χ1v) is 7.14. The summed E-state index contributed by atoms with van der Waals surface area (Å²) in [5, 5.41) is 2.87. The molecular formula is C14H16ClN3O2. The Morgan fingerprint density at radius 1 is 1.55 bits per heavy atom. The molecule has 0 radical (unpaired) electrons. The zero-order chi connectivity index (χ0) is 14.1. The van der Waals surface area contributed by atoms with Gasteiger partial charge in [-0.2, -0.15) is 0 Å². The molecule has 1 atom stereocenters. The first-order chi connectivity index (χ1) is 9.74. The van der Waals surface area contributed by atoms with Crippen molar-refractivity contribution in [2.45, 2.75) is 18.9 Å². The quantitative estimate of drug-likeness (QED) is 0.876. The van der Waals surface area contributed by atoms with E-state index in [1.165, 1.54) is 0 Å². The molecule has 6 heteroatoms. The Morgan fingerprint density at radius 2 is 2.40 bits per heavy atom. The number of nitrogens with one attached hydrogen (secondary N) is 1. The summed E-state index contributed by atoms with van der Waals surface area (Å²) in [4.78, 5) is 16.1. The van der Waals surface area contributed by atoms with Crippen molar-refractivity contribution in [3.05, 3.63) is 24.0 Å². The van der Waals surface area contributed by atoms with Gasteiger partial charge in [-0.1, -0.05) is 6.07 Å². The van der Waals surface area contributed by atoms with E-state index in [0.717, 1.165) is 22.6 Å². The molecule has 0 aliphatic carbocycles. The van der Waals surface area contributed by atoms with Crippen LogP contribution in [0.5, 0.6) is 5.75 Å². The van der Waals surface area contributed by atoms with Crippen LogP contribution in [0.2, 0.25) is 0 Å². The van der Waals surface area contributed by atoms with Gasteiger partial charge in [-0.15, -0.1) is 11.6 Å². The maximum atomic E-state index is 11.5. The molecule has 1 aliphatic heterocycles. The van der Waals surface area contributed by atoms with Gasteiger partial charge in [0.15, 0.2) is 0 Å². The molecule has 1 aromatic heterocycles. The first kappa shape index (κ1) is 13.2. The molecule has 20 heavy (non-hydrogen) atoms. The third kappa shape index (κ3) is 2.12. The molecule has 1 fully saturated rings. The highest BCUT2D eigenvalue weighted by Gasteiger charge is 2.27. The van der Waals surface area contributed by atoms with Gasteiger partial charge < -0.3 is 14.6 Å². The van der Waals surface area contributed by atoms with Crippen LogP contribution >= 0.6 is 11.6 Å². The zero-order valence-corrected chi connectivity index (χ0v) is 12.0. The second-order valence-corrected chi connectivity index (χ2v) is 5.21. The topological polar surface area (TPSA) is 56.1 Å². The largest absolute Gasteiger partial charge is 0.494 e. The highest BCUT2D eigenvalue weighted by molar-refractivity contribution is 6.17. The Labute approximate surface area is 121 Å².